The molecule has 0 bridgehead atoms. The molecule has 0 aliphatic heterocycles. The molecule has 0 atom stereocenters. The van der Waals surface area contributed by atoms with Crippen LogP contribution in [0.25, 0.3) is 5.57 Å². The van der Waals surface area contributed by atoms with Crippen LogP contribution in [0.4, 0.5) is 0 Å². The molecule has 0 amide bonds. The lowest BCUT2D eigenvalue weighted by molar-refractivity contribution is 0.590. The third kappa shape index (κ3) is 2.82. The molecule has 0 saturated carbocycles. The molecule has 1 aromatic rings. The molecule has 0 aromatic heterocycles. The molecule has 1 rings (SSSR count). The SMILES string of the molecule is C=C/C(=C/C)c1ccc(C(C)(C)C)cc1. The Kier molecular flexibility index (Phi) is 3.52. The van der Waals surface area contributed by atoms with Crippen molar-refractivity contribution >= 4 is 5.57 Å². The second kappa shape index (κ2) is 4.48. The first-order valence-electron chi connectivity index (χ1n) is 5.38. The summed E-state index contributed by atoms with van der Waals surface area (Å²) >= 11 is 0. The summed E-state index contributed by atoms with van der Waals surface area (Å²) in [5.41, 5.74) is 4.02. The Labute approximate surface area is 93.3 Å². The van der Waals surface area contributed by atoms with Crippen LogP contribution in [-0.4, -0.2) is 0 Å². The zero-order chi connectivity index (χ0) is 11.5. The van der Waals surface area contributed by atoms with Gasteiger partial charge >= 0.3 is 0 Å². The number of hydrogen-bond donors (Lipinski definition) is 0. The van der Waals surface area contributed by atoms with Gasteiger partial charge in [-0.15, -0.1) is 0 Å². The van der Waals surface area contributed by atoms with E-state index < -0.39 is 0 Å². The van der Waals surface area contributed by atoms with Crippen LogP contribution in [0.5, 0.6) is 0 Å². The monoisotopic (exact) mass is 200 g/mol. The molecule has 0 radical (unpaired) electrons. The first-order valence-corrected chi connectivity index (χ1v) is 5.38. The molecule has 0 spiro atoms. The van der Waals surface area contributed by atoms with E-state index in [9.17, 15) is 0 Å². The zero-order valence-electron chi connectivity index (χ0n) is 10.2. The summed E-state index contributed by atoms with van der Waals surface area (Å²) in [5.74, 6) is 0. The van der Waals surface area contributed by atoms with Gasteiger partial charge in [-0.05, 0) is 29.0 Å². The first kappa shape index (κ1) is 11.8. The summed E-state index contributed by atoms with van der Waals surface area (Å²) in [6.45, 7) is 12.5. The van der Waals surface area contributed by atoms with Crippen LogP contribution >= 0.6 is 0 Å². The van der Waals surface area contributed by atoms with Crippen LogP contribution in [0.1, 0.15) is 38.8 Å². The van der Waals surface area contributed by atoms with Gasteiger partial charge in [-0.2, -0.15) is 0 Å². The van der Waals surface area contributed by atoms with E-state index >= 15 is 0 Å². The van der Waals surface area contributed by atoms with Crippen LogP contribution in [0.15, 0.2) is 43.0 Å². The van der Waals surface area contributed by atoms with Crippen molar-refractivity contribution in [1.82, 2.24) is 0 Å². The van der Waals surface area contributed by atoms with E-state index in [0.29, 0.717) is 0 Å². The summed E-state index contributed by atoms with van der Waals surface area (Å²) in [7, 11) is 0. The molecule has 0 heterocycles. The van der Waals surface area contributed by atoms with Crippen molar-refractivity contribution in [1.29, 1.82) is 0 Å². The van der Waals surface area contributed by atoms with Gasteiger partial charge in [0.2, 0.25) is 0 Å². The fraction of sp³-hybridized carbons (Fsp3) is 0.333. The van der Waals surface area contributed by atoms with Crippen LogP contribution < -0.4 is 0 Å². The van der Waals surface area contributed by atoms with Gasteiger partial charge in [0.25, 0.3) is 0 Å². The van der Waals surface area contributed by atoms with Crippen molar-refractivity contribution in [2.45, 2.75) is 33.1 Å². The number of rotatable bonds is 2. The average Bonchev–Trinajstić information content (AvgIpc) is 2.19. The van der Waals surface area contributed by atoms with Crippen molar-refractivity contribution in [2.24, 2.45) is 0 Å². The highest BCUT2D eigenvalue weighted by Crippen LogP contribution is 2.24. The fourth-order valence-electron chi connectivity index (χ4n) is 1.57. The van der Waals surface area contributed by atoms with Gasteiger partial charge in [0.1, 0.15) is 0 Å². The maximum atomic E-state index is 3.81. The van der Waals surface area contributed by atoms with Gasteiger partial charge in [0, 0.05) is 0 Å². The van der Waals surface area contributed by atoms with E-state index in [1.807, 2.05) is 13.0 Å². The molecule has 0 nitrogen and oxygen atoms in total. The number of allylic oxidation sites excluding steroid dienone is 3. The molecule has 0 aliphatic rings. The smallest absolute Gasteiger partial charge is 0.0132 e. The van der Waals surface area contributed by atoms with Gasteiger partial charge < -0.3 is 0 Å². The summed E-state index contributed by atoms with van der Waals surface area (Å²) in [6, 6.07) is 8.72. The maximum Gasteiger partial charge on any atom is -0.0132 e. The molecule has 80 valence electrons. The molecule has 0 aliphatic carbocycles. The highest BCUT2D eigenvalue weighted by atomic mass is 14.2. The minimum absolute atomic E-state index is 0.225. The second-order valence-corrected chi connectivity index (χ2v) is 4.78. The van der Waals surface area contributed by atoms with Crippen molar-refractivity contribution in [3.05, 3.63) is 54.1 Å². The Balaban J connectivity index is 3.05. The lowest BCUT2D eigenvalue weighted by Crippen LogP contribution is -2.10. The van der Waals surface area contributed by atoms with Crippen LogP contribution in [0.3, 0.4) is 0 Å². The Morgan fingerprint density at radius 3 is 2.00 bits per heavy atom. The molecule has 0 N–H and O–H groups in total. The molecule has 15 heavy (non-hydrogen) atoms. The summed E-state index contributed by atoms with van der Waals surface area (Å²) in [6.07, 6.45) is 3.98. The molecular weight excluding hydrogens is 180 g/mol. The van der Waals surface area contributed by atoms with Crippen molar-refractivity contribution < 1.29 is 0 Å². The molecule has 0 unspecified atom stereocenters. The van der Waals surface area contributed by atoms with E-state index in [2.05, 4.69) is 57.7 Å². The Hall–Kier alpha value is -1.30. The predicted octanol–water partition coefficient (Wildman–Crippen LogP) is 4.57. The van der Waals surface area contributed by atoms with Crippen LogP contribution in [0.2, 0.25) is 0 Å². The largest absolute Gasteiger partial charge is 0.0985 e. The predicted molar refractivity (Wildman–Crippen MR) is 69.0 cm³/mol. The van der Waals surface area contributed by atoms with E-state index in [1.54, 1.807) is 0 Å². The highest BCUT2D eigenvalue weighted by Gasteiger charge is 2.12. The minimum Gasteiger partial charge on any atom is -0.0985 e. The topological polar surface area (TPSA) is 0 Å². The van der Waals surface area contributed by atoms with E-state index in [4.69, 9.17) is 0 Å². The average molecular weight is 200 g/mol. The Morgan fingerprint density at radius 2 is 1.67 bits per heavy atom. The number of hydrogen-bond acceptors (Lipinski definition) is 0. The second-order valence-electron chi connectivity index (χ2n) is 4.78. The quantitative estimate of drug-likeness (QED) is 0.613. The van der Waals surface area contributed by atoms with E-state index in [1.165, 1.54) is 16.7 Å². The summed E-state index contributed by atoms with van der Waals surface area (Å²) < 4.78 is 0. The van der Waals surface area contributed by atoms with Gasteiger partial charge in [-0.3, -0.25) is 0 Å². The van der Waals surface area contributed by atoms with Crippen LogP contribution in [0, 0.1) is 0 Å². The van der Waals surface area contributed by atoms with E-state index in [0.717, 1.165) is 0 Å². The van der Waals surface area contributed by atoms with Crippen molar-refractivity contribution in [3.63, 3.8) is 0 Å². The van der Waals surface area contributed by atoms with Gasteiger partial charge in [-0.25, -0.2) is 0 Å². The van der Waals surface area contributed by atoms with Crippen molar-refractivity contribution in [2.75, 3.05) is 0 Å². The molecule has 0 saturated heterocycles. The van der Waals surface area contributed by atoms with Crippen molar-refractivity contribution in [3.8, 4) is 0 Å². The normalized spacial score (nSPS) is 12.7. The Morgan fingerprint density at radius 1 is 1.13 bits per heavy atom. The third-order valence-corrected chi connectivity index (χ3v) is 2.62. The van der Waals surface area contributed by atoms with Gasteiger partial charge in [0.05, 0.1) is 0 Å². The molecule has 0 fully saturated rings. The summed E-state index contributed by atoms with van der Waals surface area (Å²) in [4.78, 5) is 0. The molecular formula is C15H20. The Bertz CT molecular complexity index is 358. The van der Waals surface area contributed by atoms with Crippen LogP contribution in [-0.2, 0) is 5.41 Å². The van der Waals surface area contributed by atoms with Gasteiger partial charge in [0.15, 0.2) is 0 Å². The maximum absolute atomic E-state index is 3.81. The molecule has 1 aromatic carbocycles. The highest BCUT2D eigenvalue weighted by molar-refractivity contribution is 5.73. The third-order valence-electron chi connectivity index (χ3n) is 2.62. The molecule has 0 heteroatoms. The fourth-order valence-corrected chi connectivity index (χ4v) is 1.57. The number of benzene rings is 1. The zero-order valence-corrected chi connectivity index (χ0v) is 10.2. The van der Waals surface area contributed by atoms with Gasteiger partial charge in [-0.1, -0.05) is 63.8 Å². The standard InChI is InChI=1S/C15H20/c1-6-12(7-2)13-8-10-14(11-9-13)15(3,4)5/h6-11H,1H2,2-5H3/b12-7-. The first-order chi connectivity index (χ1) is 6.99. The lowest BCUT2D eigenvalue weighted by Gasteiger charge is -2.19. The lowest BCUT2D eigenvalue weighted by atomic mass is 9.86. The minimum atomic E-state index is 0.225. The van der Waals surface area contributed by atoms with E-state index in [-0.39, 0.29) is 5.41 Å². The summed E-state index contributed by atoms with van der Waals surface area (Å²) in [5, 5.41) is 0.